The molecular weight excluding hydrogens is 290 g/mol. The highest BCUT2D eigenvalue weighted by molar-refractivity contribution is 5.14. The van der Waals surface area contributed by atoms with Crippen molar-refractivity contribution < 1.29 is 9.84 Å². The van der Waals surface area contributed by atoms with Crippen LogP contribution in [0.4, 0.5) is 0 Å². The maximum absolute atomic E-state index is 9.96. The molecule has 1 saturated heterocycles. The standard InChI is InChI=1S/C18H31N3O2/c1-15(19-11-17(22)13-20(2)3)18-14-21(9-10-23-18)12-16-7-5-4-6-8-16/h4-8,15,17-19,22H,9-14H2,1-3H3. The average Bonchev–Trinajstić information content (AvgIpc) is 2.53. The van der Waals surface area contributed by atoms with Gasteiger partial charge in [0, 0.05) is 38.8 Å². The summed E-state index contributed by atoms with van der Waals surface area (Å²) in [6.07, 6.45) is -0.185. The summed E-state index contributed by atoms with van der Waals surface area (Å²) in [4.78, 5) is 4.44. The van der Waals surface area contributed by atoms with Crippen LogP contribution in [0.3, 0.4) is 0 Å². The summed E-state index contributed by atoms with van der Waals surface area (Å²) in [5.41, 5.74) is 1.34. The van der Waals surface area contributed by atoms with E-state index in [-0.39, 0.29) is 18.2 Å². The molecule has 130 valence electrons. The Balaban J connectivity index is 1.76. The van der Waals surface area contributed by atoms with E-state index in [9.17, 15) is 5.11 Å². The summed E-state index contributed by atoms with van der Waals surface area (Å²) in [5, 5.41) is 13.4. The van der Waals surface area contributed by atoms with Crippen molar-refractivity contribution in [2.45, 2.75) is 31.7 Å². The molecule has 3 atom stereocenters. The molecule has 1 aromatic carbocycles. The van der Waals surface area contributed by atoms with Gasteiger partial charge < -0.3 is 20.1 Å². The van der Waals surface area contributed by atoms with Gasteiger partial charge in [0.05, 0.1) is 18.8 Å². The Kier molecular flexibility index (Phi) is 7.46. The predicted octanol–water partition coefficient (Wildman–Crippen LogP) is 0.788. The minimum Gasteiger partial charge on any atom is -0.390 e. The van der Waals surface area contributed by atoms with E-state index in [0.29, 0.717) is 13.1 Å². The topological polar surface area (TPSA) is 48.0 Å². The van der Waals surface area contributed by atoms with Crippen LogP contribution in [0.15, 0.2) is 30.3 Å². The molecule has 0 aliphatic carbocycles. The molecule has 0 aromatic heterocycles. The molecule has 1 aliphatic heterocycles. The lowest BCUT2D eigenvalue weighted by atomic mass is 10.1. The van der Waals surface area contributed by atoms with Crippen molar-refractivity contribution >= 4 is 0 Å². The first-order valence-electron chi connectivity index (χ1n) is 8.48. The van der Waals surface area contributed by atoms with Crippen LogP contribution in [0.2, 0.25) is 0 Å². The van der Waals surface area contributed by atoms with Crippen molar-refractivity contribution in [1.29, 1.82) is 0 Å². The van der Waals surface area contributed by atoms with Gasteiger partial charge in [-0.3, -0.25) is 4.90 Å². The van der Waals surface area contributed by atoms with Crippen molar-refractivity contribution in [2.24, 2.45) is 0 Å². The molecule has 0 spiro atoms. The molecule has 1 heterocycles. The third-order valence-electron chi connectivity index (χ3n) is 4.24. The second kappa shape index (κ2) is 9.35. The van der Waals surface area contributed by atoms with Crippen molar-refractivity contribution in [3.63, 3.8) is 0 Å². The number of nitrogens with zero attached hydrogens (tertiary/aromatic N) is 2. The smallest absolute Gasteiger partial charge is 0.0852 e. The number of aliphatic hydroxyl groups excluding tert-OH is 1. The van der Waals surface area contributed by atoms with Crippen molar-refractivity contribution in [1.82, 2.24) is 15.1 Å². The molecule has 0 saturated carbocycles. The molecule has 2 N–H and O–H groups in total. The van der Waals surface area contributed by atoms with Gasteiger partial charge in [-0.25, -0.2) is 0 Å². The number of rotatable bonds is 8. The highest BCUT2D eigenvalue weighted by atomic mass is 16.5. The van der Waals surface area contributed by atoms with Crippen LogP contribution in [-0.4, -0.2) is 80.0 Å². The van der Waals surface area contributed by atoms with E-state index < -0.39 is 0 Å². The van der Waals surface area contributed by atoms with E-state index >= 15 is 0 Å². The Bertz CT molecular complexity index is 441. The van der Waals surface area contributed by atoms with E-state index in [2.05, 4.69) is 47.5 Å². The van der Waals surface area contributed by atoms with Gasteiger partial charge >= 0.3 is 0 Å². The molecule has 0 amide bonds. The van der Waals surface area contributed by atoms with Crippen LogP contribution in [0, 0.1) is 0 Å². The van der Waals surface area contributed by atoms with Crippen LogP contribution in [-0.2, 0) is 11.3 Å². The lowest BCUT2D eigenvalue weighted by Gasteiger charge is -2.36. The lowest BCUT2D eigenvalue weighted by Crippen LogP contribution is -2.52. The molecule has 0 radical (unpaired) electrons. The summed E-state index contributed by atoms with van der Waals surface area (Å²) in [7, 11) is 3.94. The fourth-order valence-corrected chi connectivity index (χ4v) is 2.96. The highest BCUT2D eigenvalue weighted by Crippen LogP contribution is 2.12. The summed E-state index contributed by atoms with van der Waals surface area (Å²) < 4.78 is 5.92. The Hall–Kier alpha value is -0.980. The number of aliphatic hydroxyl groups is 1. The summed E-state index contributed by atoms with van der Waals surface area (Å²) in [5.74, 6) is 0. The zero-order chi connectivity index (χ0) is 16.7. The quantitative estimate of drug-likeness (QED) is 0.741. The van der Waals surface area contributed by atoms with Gasteiger partial charge in [-0.05, 0) is 26.6 Å². The minimum atomic E-state index is -0.350. The molecule has 2 rings (SSSR count). The SMILES string of the molecule is CC(NCC(O)CN(C)C)C1CN(Cc2ccccc2)CCO1. The van der Waals surface area contributed by atoms with Crippen molar-refractivity contribution in [3.05, 3.63) is 35.9 Å². The Morgan fingerprint density at radius 2 is 2.09 bits per heavy atom. The molecule has 5 heteroatoms. The largest absolute Gasteiger partial charge is 0.390 e. The number of likely N-dealkylation sites (N-methyl/N-ethyl adjacent to an activating group) is 1. The van der Waals surface area contributed by atoms with Crippen LogP contribution < -0.4 is 5.32 Å². The van der Waals surface area contributed by atoms with Gasteiger partial charge in [0.2, 0.25) is 0 Å². The van der Waals surface area contributed by atoms with Gasteiger partial charge in [0.1, 0.15) is 0 Å². The number of morpholine rings is 1. The fraction of sp³-hybridized carbons (Fsp3) is 0.667. The number of ether oxygens (including phenoxy) is 1. The summed E-state index contributed by atoms with van der Waals surface area (Å²) >= 11 is 0. The predicted molar refractivity (Wildman–Crippen MR) is 93.5 cm³/mol. The second-order valence-electron chi connectivity index (χ2n) is 6.74. The minimum absolute atomic E-state index is 0.166. The summed E-state index contributed by atoms with van der Waals surface area (Å²) in [6.45, 7) is 7.04. The third kappa shape index (κ3) is 6.57. The lowest BCUT2D eigenvalue weighted by molar-refractivity contribution is -0.0475. The van der Waals surface area contributed by atoms with Crippen LogP contribution in [0.1, 0.15) is 12.5 Å². The third-order valence-corrected chi connectivity index (χ3v) is 4.24. The molecule has 0 bridgehead atoms. The molecule has 1 aliphatic rings. The van der Waals surface area contributed by atoms with Crippen molar-refractivity contribution in [3.8, 4) is 0 Å². The van der Waals surface area contributed by atoms with E-state index in [1.807, 2.05) is 19.0 Å². The molecular formula is C18H31N3O2. The first-order valence-corrected chi connectivity index (χ1v) is 8.48. The van der Waals surface area contributed by atoms with Crippen LogP contribution in [0.25, 0.3) is 0 Å². The number of nitrogens with one attached hydrogen (secondary N) is 1. The Labute approximate surface area is 140 Å². The van der Waals surface area contributed by atoms with Gasteiger partial charge in [-0.1, -0.05) is 30.3 Å². The molecule has 3 unspecified atom stereocenters. The average molecular weight is 321 g/mol. The Morgan fingerprint density at radius 1 is 1.35 bits per heavy atom. The van der Waals surface area contributed by atoms with Gasteiger partial charge in [-0.2, -0.15) is 0 Å². The molecule has 1 aromatic rings. The number of benzene rings is 1. The first kappa shape index (κ1) is 18.4. The van der Waals surface area contributed by atoms with Crippen LogP contribution in [0.5, 0.6) is 0 Å². The molecule has 1 fully saturated rings. The second-order valence-corrected chi connectivity index (χ2v) is 6.74. The van der Waals surface area contributed by atoms with E-state index in [0.717, 1.165) is 26.2 Å². The summed E-state index contributed by atoms with van der Waals surface area (Å²) in [6, 6.07) is 10.8. The van der Waals surface area contributed by atoms with Gasteiger partial charge in [-0.15, -0.1) is 0 Å². The van der Waals surface area contributed by atoms with Crippen LogP contribution >= 0.6 is 0 Å². The maximum Gasteiger partial charge on any atom is 0.0852 e. The molecule has 5 nitrogen and oxygen atoms in total. The number of hydrogen-bond acceptors (Lipinski definition) is 5. The highest BCUT2D eigenvalue weighted by Gasteiger charge is 2.25. The van der Waals surface area contributed by atoms with Gasteiger partial charge in [0.25, 0.3) is 0 Å². The number of hydrogen-bond donors (Lipinski definition) is 2. The zero-order valence-electron chi connectivity index (χ0n) is 14.6. The Morgan fingerprint density at radius 3 is 2.78 bits per heavy atom. The van der Waals surface area contributed by atoms with E-state index in [4.69, 9.17) is 4.74 Å². The van der Waals surface area contributed by atoms with E-state index in [1.54, 1.807) is 0 Å². The van der Waals surface area contributed by atoms with Crippen molar-refractivity contribution in [2.75, 3.05) is 46.9 Å². The molecule has 23 heavy (non-hydrogen) atoms. The zero-order valence-corrected chi connectivity index (χ0v) is 14.6. The van der Waals surface area contributed by atoms with Gasteiger partial charge in [0.15, 0.2) is 0 Å². The fourth-order valence-electron chi connectivity index (χ4n) is 2.96. The maximum atomic E-state index is 9.96. The normalized spacial score (nSPS) is 22.2. The van der Waals surface area contributed by atoms with E-state index in [1.165, 1.54) is 5.56 Å². The first-order chi connectivity index (χ1) is 11.0. The monoisotopic (exact) mass is 321 g/mol.